The molecule has 0 spiro atoms. The van der Waals surface area contributed by atoms with Gasteiger partial charge in [-0.15, -0.1) is 0 Å². The van der Waals surface area contributed by atoms with Crippen LogP contribution >= 0.6 is 0 Å². The highest BCUT2D eigenvalue weighted by molar-refractivity contribution is 5.69. The lowest BCUT2D eigenvalue weighted by Crippen LogP contribution is -2.41. The molecule has 0 fully saturated rings. The van der Waals surface area contributed by atoms with Gasteiger partial charge in [0.15, 0.2) is 0 Å². The second-order valence-electron chi connectivity index (χ2n) is 10.8. The fraction of sp³-hybridized carbons (Fsp3) is 0.594. The van der Waals surface area contributed by atoms with E-state index in [1.807, 2.05) is 18.2 Å². The maximum absolute atomic E-state index is 12.7. The molecule has 2 aromatic carbocycles. The van der Waals surface area contributed by atoms with Crippen molar-refractivity contribution in [1.29, 1.82) is 0 Å². The number of ether oxygens (including phenoxy) is 2. The van der Waals surface area contributed by atoms with Gasteiger partial charge in [0, 0.05) is 12.0 Å². The monoisotopic (exact) mass is 496 g/mol. The van der Waals surface area contributed by atoms with Gasteiger partial charge >= 0.3 is 5.97 Å². The summed E-state index contributed by atoms with van der Waals surface area (Å²) < 4.78 is 12.6. The Kier molecular flexibility index (Phi) is 14.3. The van der Waals surface area contributed by atoms with Crippen molar-refractivity contribution in [3.8, 4) is 5.75 Å². The Morgan fingerprint density at radius 3 is 2.17 bits per heavy atom. The number of hydrogen-bond donors (Lipinski definition) is 0. The van der Waals surface area contributed by atoms with Crippen LogP contribution in [0.15, 0.2) is 54.6 Å². The maximum Gasteiger partial charge on any atom is 0.314 e. The minimum atomic E-state index is -0.536. The largest absolute Gasteiger partial charge is 0.455 e. The lowest BCUT2D eigenvalue weighted by Gasteiger charge is -2.30. The second-order valence-corrected chi connectivity index (χ2v) is 10.8. The first-order valence-corrected chi connectivity index (χ1v) is 14.2. The lowest BCUT2D eigenvalue weighted by molar-refractivity contribution is -0.903. The smallest absolute Gasteiger partial charge is 0.314 e. The molecule has 0 aliphatic rings. The minimum absolute atomic E-state index is 0.192. The van der Waals surface area contributed by atoms with Crippen molar-refractivity contribution in [3.05, 3.63) is 65.7 Å². The van der Waals surface area contributed by atoms with Crippen LogP contribution in [0.25, 0.3) is 0 Å². The standard InChI is InChI=1S/C32H50NO3/c1-5-7-8-9-10-11-12-14-19-28-22-17-23-30(26-28)35-32(18-6-2)36-31(34)24-25-33(3,4)27-29-20-15-13-16-21-29/h13,15-17,20-23,26,32H,5-12,14,18-19,24-25,27H2,1-4H3/q+1. The van der Waals surface area contributed by atoms with E-state index in [0.29, 0.717) is 12.8 Å². The number of benzene rings is 2. The number of carbonyl (C=O) groups is 1. The first kappa shape index (κ1) is 29.9. The van der Waals surface area contributed by atoms with Crippen molar-refractivity contribution >= 4 is 5.97 Å². The predicted molar refractivity (Wildman–Crippen MR) is 150 cm³/mol. The van der Waals surface area contributed by atoms with E-state index in [1.54, 1.807) is 0 Å². The highest BCUT2D eigenvalue weighted by Crippen LogP contribution is 2.20. The summed E-state index contributed by atoms with van der Waals surface area (Å²) in [4.78, 5) is 12.7. The third-order valence-electron chi connectivity index (χ3n) is 6.65. The van der Waals surface area contributed by atoms with Gasteiger partial charge in [0.25, 0.3) is 0 Å². The van der Waals surface area contributed by atoms with Crippen LogP contribution in [-0.4, -0.2) is 37.4 Å². The van der Waals surface area contributed by atoms with Gasteiger partial charge in [0.1, 0.15) is 12.3 Å². The number of carbonyl (C=O) groups excluding carboxylic acids is 1. The molecular formula is C32H50NO3+. The van der Waals surface area contributed by atoms with Gasteiger partial charge in [-0.25, -0.2) is 0 Å². The zero-order chi connectivity index (χ0) is 26.1. The summed E-state index contributed by atoms with van der Waals surface area (Å²) >= 11 is 0. The quantitative estimate of drug-likeness (QED) is 0.0853. The van der Waals surface area contributed by atoms with Gasteiger partial charge in [0.05, 0.1) is 27.1 Å². The molecule has 0 radical (unpaired) electrons. The molecule has 2 rings (SSSR count). The van der Waals surface area contributed by atoms with Gasteiger partial charge in [0.2, 0.25) is 6.29 Å². The van der Waals surface area contributed by atoms with E-state index < -0.39 is 6.29 Å². The van der Waals surface area contributed by atoms with E-state index in [-0.39, 0.29) is 5.97 Å². The van der Waals surface area contributed by atoms with Crippen LogP contribution in [0.3, 0.4) is 0 Å². The third kappa shape index (κ3) is 13.1. The number of aryl methyl sites for hydroxylation is 1. The molecule has 0 aliphatic carbocycles. The average Bonchev–Trinajstić information content (AvgIpc) is 2.85. The van der Waals surface area contributed by atoms with Crippen molar-refractivity contribution in [3.63, 3.8) is 0 Å². The van der Waals surface area contributed by atoms with E-state index in [2.05, 4.69) is 64.3 Å². The van der Waals surface area contributed by atoms with E-state index in [1.165, 1.54) is 62.5 Å². The summed E-state index contributed by atoms with van der Waals surface area (Å²) in [6.07, 6.45) is 13.1. The molecule has 36 heavy (non-hydrogen) atoms. The summed E-state index contributed by atoms with van der Waals surface area (Å²) in [5.41, 5.74) is 2.56. The molecule has 0 saturated carbocycles. The van der Waals surface area contributed by atoms with E-state index >= 15 is 0 Å². The number of quaternary nitrogens is 1. The normalized spacial score (nSPS) is 12.3. The van der Waals surface area contributed by atoms with Gasteiger partial charge in [-0.3, -0.25) is 4.79 Å². The molecule has 4 heteroatoms. The highest BCUT2D eigenvalue weighted by atomic mass is 16.7. The molecular weight excluding hydrogens is 446 g/mol. The Bertz CT molecular complexity index is 849. The molecule has 0 bridgehead atoms. The molecule has 0 aromatic heterocycles. The number of esters is 1. The van der Waals surface area contributed by atoms with Crippen molar-refractivity contribution in [2.24, 2.45) is 0 Å². The molecule has 1 atom stereocenters. The van der Waals surface area contributed by atoms with Crippen LogP contribution in [0, 0.1) is 0 Å². The van der Waals surface area contributed by atoms with E-state index in [0.717, 1.165) is 36.2 Å². The van der Waals surface area contributed by atoms with E-state index in [4.69, 9.17) is 9.47 Å². The summed E-state index contributed by atoms with van der Waals surface area (Å²) in [6.45, 7) is 5.96. The first-order valence-electron chi connectivity index (χ1n) is 14.2. The molecule has 0 heterocycles. The number of unbranched alkanes of at least 4 members (excludes halogenated alkanes) is 7. The summed E-state index contributed by atoms with van der Waals surface area (Å²) in [7, 11) is 4.30. The van der Waals surface area contributed by atoms with Crippen LogP contribution < -0.4 is 4.74 Å². The van der Waals surface area contributed by atoms with Crippen molar-refractivity contribution < 1.29 is 18.8 Å². The number of rotatable bonds is 19. The van der Waals surface area contributed by atoms with Crippen LogP contribution in [0.4, 0.5) is 0 Å². The molecule has 0 N–H and O–H groups in total. The summed E-state index contributed by atoms with van der Waals surface area (Å²) in [5, 5.41) is 0. The second kappa shape index (κ2) is 17.2. The summed E-state index contributed by atoms with van der Waals surface area (Å²) in [5.74, 6) is 0.598. The SMILES string of the molecule is CCCCCCCCCCc1cccc(OC(CCC)OC(=O)CC[N+](C)(C)Cc2ccccc2)c1. The summed E-state index contributed by atoms with van der Waals surface area (Å²) in [6, 6.07) is 18.7. The van der Waals surface area contributed by atoms with Gasteiger partial charge in [-0.05, 0) is 37.0 Å². The molecule has 1 unspecified atom stereocenters. The van der Waals surface area contributed by atoms with E-state index in [9.17, 15) is 4.79 Å². The third-order valence-corrected chi connectivity index (χ3v) is 6.65. The number of hydrogen-bond acceptors (Lipinski definition) is 3. The Hall–Kier alpha value is -2.33. The Morgan fingerprint density at radius 2 is 1.47 bits per heavy atom. The Labute approximate surface area is 220 Å². The molecule has 200 valence electrons. The fourth-order valence-corrected chi connectivity index (χ4v) is 4.52. The molecule has 0 saturated heterocycles. The Balaban J connectivity index is 1.76. The van der Waals surface area contributed by atoms with Crippen LogP contribution in [0.5, 0.6) is 5.75 Å². The van der Waals surface area contributed by atoms with Crippen molar-refractivity contribution in [2.45, 2.75) is 104 Å². The Morgan fingerprint density at radius 1 is 0.806 bits per heavy atom. The molecule has 4 nitrogen and oxygen atoms in total. The van der Waals surface area contributed by atoms with Gasteiger partial charge in [-0.2, -0.15) is 0 Å². The molecule has 0 aliphatic heterocycles. The zero-order valence-corrected chi connectivity index (χ0v) is 23.3. The maximum atomic E-state index is 12.7. The van der Waals surface area contributed by atoms with Crippen molar-refractivity contribution in [2.75, 3.05) is 20.6 Å². The molecule has 0 amide bonds. The molecule has 2 aromatic rings. The number of nitrogens with zero attached hydrogens (tertiary/aromatic N) is 1. The van der Waals surface area contributed by atoms with Crippen LogP contribution in [0.1, 0.15) is 95.6 Å². The van der Waals surface area contributed by atoms with Crippen molar-refractivity contribution in [1.82, 2.24) is 0 Å². The van der Waals surface area contributed by atoms with Crippen LogP contribution in [-0.2, 0) is 22.5 Å². The van der Waals surface area contributed by atoms with Crippen LogP contribution in [0.2, 0.25) is 0 Å². The fourth-order valence-electron chi connectivity index (χ4n) is 4.52. The zero-order valence-electron chi connectivity index (χ0n) is 23.3. The topological polar surface area (TPSA) is 35.5 Å². The van der Waals surface area contributed by atoms with Gasteiger partial charge in [-0.1, -0.05) is 101 Å². The van der Waals surface area contributed by atoms with Gasteiger partial charge < -0.3 is 14.0 Å². The predicted octanol–water partition coefficient (Wildman–Crippen LogP) is 8.08. The minimum Gasteiger partial charge on any atom is -0.455 e. The lowest BCUT2D eigenvalue weighted by atomic mass is 10.0. The highest BCUT2D eigenvalue weighted by Gasteiger charge is 2.21. The first-order chi connectivity index (χ1) is 17.4. The average molecular weight is 497 g/mol.